The molecule has 0 aliphatic heterocycles. The maximum absolute atomic E-state index is 13.6. The minimum Gasteiger partial charge on any atom is -1.00 e. The summed E-state index contributed by atoms with van der Waals surface area (Å²) in [4.78, 5) is 51.4. The van der Waals surface area contributed by atoms with E-state index in [-0.39, 0.29) is 203 Å². The smallest absolute Gasteiger partial charge is 1.00 e. The van der Waals surface area contributed by atoms with E-state index in [9.17, 15) is 29.7 Å². The Morgan fingerprint density at radius 3 is 1.08 bits per heavy atom. The Kier molecular flexibility index (Phi) is 27.0. The van der Waals surface area contributed by atoms with Crippen LogP contribution in [0.3, 0.4) is 0 Å². The van der Waals surface area contributed by atoms with Crippen molar-refractivity contribution in [1.82, 2.24) is 19.6 Å². The van der Waals surface area contributed by atoms with Crippen LogP contribution in [0.25, 0.3) is 0 Å². The van der Waals surface area contributed by atoms with Crippen molar-refractivity contribution in [2.45, 2.75) is 232 Å². The van der Waals surface area contributed by atoms with Crippen LogP contribution in [0.2, 0.25) is 0 Å². The average Bonchev–Trinajstić information content (AvgIpc) is 1.52. The van der Waals surface area contributed by atoms with Crippen molar-refractivity contribution in [2.75, 3.05) is 46.5 Å². The van der Waals surface area contributed by atoms with Gasteiger partial charge in [0.2, 0.25) is 0 Å². The largest absolute Gasteiger partial charge is 1.00 e. The van der Waals surface area contributed by atoms with Gasteiger partial charge in [-0.1, -0.05) is 36.7 Å². The van der Waals surface area contributed by atoms with Gasteiger partial charge in [0.05, 0.1) is 61.1 Å². The molecular weight excluding hydrogens is 1630 g/mol. The fourth-order valence-electron chi connectivity index (χ4n) is 29.7. The molecule has 0 amide bonds. The Bertz CT molecular complexity index is 3450. The fourth-order valence-corrected chi connectivity index (χ4v) is 30.0. The molecule has 0 spiro atoms. The predicted molar refractivity (Wildman–Crippen MR) is 385 cm³/mol. The zero-order valence-electron chi connectivity index (χ0n) is 66.2. The summed E-state index contributed by atoms with van der Waals surface area (Å²) in [5.74, 6) is 13.4. The van der Waals surface area contributed by atoms with Crippen LogP contribution in [0.1, 0.15) is 215 Å². The average molecular weight is 1750 g/mol. The quantitative estimate of drug-likeness (QED) is 0.0756. The number of hydrogen-bond acceptors (Lipinski definition) is 17. The molecule has 15 saturated carbocycles. The number of carbonyl (C=O) groups is 4. The number of carbonyl (C=O) groups excluding carboxylic acids is 4. The van der Waals surface area contributed by atoms with E-state index < -0.39 is 16.8 Å². The number of aromatic nitrogens is 4. The number of ketones is 3. The van der Waals surface area contributed by atoms with E-state index in [1.54, 1.807) is 40.0 Å². The Morgan fingerprint density at radius 2 is 0.819 bits per heavy atom. The van der Waals surface area contributed by atoms with Crippen LogP contribution in [0.4, 0.5) is 0 Å². The van der Waals surface area contributed by atoms with Crippen molar-refractivity contribution in [2.24, 2.45) is 157 Å². The van der Waals surface area contributed by atoms with Crippen LogP contribution in [-0.2, 0) is 51.4 Å². The number of hydrogen-bond donors (Lipinski definition) is 3. The number of aliphatic hydroxyl groups is 3. The van der Waals surface area contributed by atoms with Crippen molar-refractivity contribution in [1.29, 1.82) is 15.8 Å². The van der Waals surface area contributed by atoms with Crippen molar-refractivity contribution >= 4 is 39.8 Å². The molecule has 2 heterocycles. The van der Waals surface area contributed by atoms with Gasteiger partial charge in [0, 0.05) is 58.4 Å². The number of alkyl halides is 1. The third-order valence-electron chi connectivity index (χ3n) is 32.9. The van der Waals surface area contributed by atoms with Crippen molar-refractivity contribution < 1.29 is 198 Å². The Labute approximate surface area is 752 Å². The first kappa shape index (κ1) is 85.6. The van der Waals surface area contributed by atoms with Crippen molar-refractivity contribution in [3.05, 3.63) is 35.9 Å². The van der Waals surface area contributed by atoms with Crippen LogP contribution in [0.5, 0.6) is 0 Å². The number of nitriles is 3. The van der Waals surface area contributed by atoms with E-state index in [2.05, 4.69) is 63.9 Å². The molecule has 22 heteroatoms. The molecule has 17 rings (SSSR count). The van der Waals surface area contributed by atoms with Gasteiger partial charge >= 0.3 is 138 Å². The standard InChI is InChI=1S/2C28H39N3O3.C24H37BrO3.C2H3N.CH2O3.2Cs.H/c2*1-26(33)9-10-28(16-34-3)17(13-26)4-5-19-22(28)6-8-27(2)24(19)20-12-21(20)25(27)23(32)15-31-11-7-18(14-29)30-31;1-22(27)8-9-24(13-28-3)14(11-22)4-5-15-18(24)6-7-23(2)20(15)16-10-17(16)21(23)19(26)12-25;1-2-3;2-1-4-3;;;/h2*7,11,17,19-22,24-25,33H,4-6,8-10,12-13,15-16H2,1-3H3;14-18,20-21,27H,4-13H2,1-3H3;1H3;1,3H;;;/q;;;;;2*+1;-1/p-1/t2*17-,19-,20?,21?,22+,24-,25?,26-,27+,28-;14-,15-,16?,17?,18+,20-,21?,22-,23+,24-;;;;;/m111...../s1. The number of halogens is 1. The summed E-state index contributed by atoms with van der Waals surface area (Å²) in [6.07, 6.45) is 30.4. The van der Waals surface area contributed by atoms with Crippen LogP contribution >= 0.6 is 15.9 Å². The molecule has 3 N–H and O–H groups in total. The molecule has 19 nitrogen and oxygen atoms in total. The summed E-state index contributed by atoms with van der Waals surface area (Å²) in [7, 11) is 5.57. The number of rotatable bonds is 15. The first-order valence-corrected chi connectivity index (χ1v) is 40.9. The van der Waals surface area contributed by atoms with E-state index >= 15 is 0 Å². The van der Waals surface area contributed by atoms with E-state index in [1.807, 2.05) is 42.1 Å². The normalized spacial score (nSPS) is 47.0. The topological polar surface area (TPSA) is 296 Å². The Balaban J connectivity index is 0.000000161. The summed E-state index contributed by atoms with van der Waals surface area (Å²) in [6.45, 7) is 17.7. The van der Waals surface area contributed by atoms with Crippen molar-refractivity contribution in [3.8, 4) is 18.2 Å². The maximum Gasteiger partial charge on any atom is 1.00 e. The zero-order chi connectivity index (χ0) is 73.8. The molecule has 0 radical (unpaired) electrons. The number of ether oxygens (including phenoxy) is 3. The molecular formula is C83H120BrCs2N7O12. The first-order valence-electron chi connectivity index (χ1n) is 39.7. The summed E-state index contributed by atoms with van der Waals surface area (Å²) >= 11 is 3.48. The summed E-state index contributed by atoms with van der Waals surface area (Å²) in [6, 6.07) is 9.25. The van der Waals surface area contributed by atoms with E-state index in [0.717, 1.165) is 114 Å². The van der Waals surface area contributed by atoms with Gasteiger partial charge in [-0.2, -0.15) is 26.0 Å². The molecule has 15 aliphatic rings. The van der Waals surface area contributed by atoms with Gasteiger partial charge in [0.25, 0.3) is 6.47 Å². The minimum absolute atomic E-state index is 0. The van der Waals surface area contributed by atoms with Gasteiger partial charge in [0.15, 0.2) is 23.0 Å². The van der Waals surface area contributed by atoms with Crippen molar-refractivity contribution in [3.63, 3.8) is 0 Å². The number of nitrogens with zero attached hydrogens (tertiary/aromatic N) is 7. The second-order valence-corrected chi connectivity index (χ2v) is 38.6. The molecule has 15 aliphatic carbocycles. The molecule has 0 aromatic carbocycles. The third kappa shape index (κ3) is 15.4. The zero-order valence-corrected chi connectivity index (χ0v) is 79.4. The molecule has 105 heavy (non-hydrogen) atoms. The summed E-state index contributed by atoms with van der Waals surface area (Å²) < 4.78 is 21.0. The van der Waals surface area contributed by atoms with Gasteiger partial charge < -0.3 is 41.1 Å². The van der Waals surface area contributed by atoms with Gasteiger partial charge in [-0.15, -0.1) is 0 Å². The minimum atomic E-state index is -0.539. The van der Waals surface area contributed by atoms with Gasteiger partial charge in [-0.05, 0) is 326 Å². The molecule has 0 bridgehead atoms. The molecule has 2 aromatic heterocycles. The van der Waals surface area contributed by atoms with Gasteiger partial charge in [-0.3, -0.25) is 28.5 Å². The molecule has 568 valence electrons. The molecule has 0 saturated heterocycles. The van der Waals surface area contributed by atoms with E-state index in [1.165, 1.54) is 90.4 Å². The third-order valence-corrected chi connectivity index (χ3v) is 33.5. The predicted octanol–water partition coefficient (Wildman–Crippen LogP) is 6.36. The maximum atomic E-state index is 13.6. The monoisotopic (exact) mass is 1750 g/mol. The van der Waals surface area contributed by atoms with Crippen LogP contribution < -0.4 is 143 Å². The molecule has 15 fully saturated rings. The Morgan fingerprint density at radius 1 is 0.524 bits per heavy atom. The van der Waals surface area contributed by atoms with E-state index in [4.69, 9.17) is 40.0 Å². The molecule has 2 aromatic rings. The van der Waals surface area contributed by atoms with Crippen LogP contribution in [0.15, 0.2) is 24.5 Å². The SMILES string of the molecule is CC#N.COC[C@]12CC[C@@](C)(O)C[C@H]1CC[C@@H]1[C@@H]2CC[C@]2(C)C(C(=O)CBr)C3CC3[C@@H]12.COC[C@]12CC[C@@](C)(O)C[C@H]1CC[C@@H]1[C@@H]2CC[C@]2(C)C(C(=O)Cn3ccc(C#N)n3)C3CC3[C@@H]12.COC[C@]12CC[C@@](C)(O)C[C@H]1CC[C@@H]1[C@@H]2CC[C@]2(C)C(C(=O)Cn3ccc(C#N)n3)C3CC3[C@@H]12.O=CO[O-].[Cs+].[Cs+].[H-]. The number of fused-ring (bicyclic) bond motifs is 21. The number of methoxy groups -OCH3 is 3. The first-order chi connectivity index (χ1) is 49.0. The second kappa shape index (κ2) is 33.1. The van der Waals surface area contributed by atoms with Crippen LogP contribution in [-0.4, -0.2) is 122 Å². The van der Waals surface area contributed by atoms with E-state index in [0.29, 0.717) is 123 Å². The van der Waals surface area contributed by atoms with Crippen LogP contribution in [0, 0.1) is 191 Å². The van der Waals surface area contributed by atoms with Gasteiger partial charge in [0.1, 0.15) is 17.9 Å². The summed E-state index contributed by atoms with van der Waals surface area (Å²) in [5, 5.41) is 75.5. The van der Waals surface area contributed by atoms with Gasteiger partial charge in [-0.25, -0.2) is 0 Å². The fraction of sp³-hybridized carbons (Fsp3) is 0.843. The molecule has 30 atom stereocenters. The molecule has 9 unspecified atom stereocenters. The summed E-state index contributed by atoms with van der Waals surface area (Å²) in [5.41, 5.74) is 0.192. The Hall–Kier alpha value is -0.326. The second-order valence-electron chi connectivity index (χ2n) is 38.0. The number of Topliss-reactive ketones (excluding diaryl/α,β-unsaturated/α-hetero) is 3.